The number of benzene rings is 2. The van der Waals surface area contributed by atoms with Crippen molar-refractivity contribution in [2.75, 3.05) is 18.9 Å². The van der Waals surface area contributed by atoms with Gasteiger partial charge in [-0.3, -0.25) is 4.79 Å². The van der Waals surface area contributed by atoms with Crippen molar-refractivity contribution in [1.29, 1.82) is 0 Å². The van der Waals surface area contributed by atoms with E-state index in [1.54, 1.807) is 16.6 Å². The van der Waals surface area contributed by atoms with Crippen molar-refractivity contribution in [3.05, 3.63) is 89.1 Å². The molecule has 37 heavy (non-hydrogen) atoms. The predicted octanol–water partition coefficient (Wildman–Crippen LogP) is 4.06. The summed E-state index contributed by atoms with van der Waals surface area (Å²) in [5.74, 6) is -0.151. The lowest BCUT2D eigenvalue weighted by atomic mass is 9.98. The van der Waals surface area contributed by atoms with E-state index in [9.17, 15) is 9.18 Å². The molecule has 8 nitrogen and oxygen atoms in total. The molecule has 2 heterocycles. The molecule has 0 bridgehead atoms. The summed E-state index contributed by atoms with van der Waals surface area (Å²) < 4.78 is 15.3. The number of fused-ring (bicyclic) bond motifs is 1. The number of nitrogens with zero attached hydrogens (tertiary/aromatic N) is 4. The SMILES string of the molecule is CCC(N)CCN(C)Cc1ccn2ncnc(Nc3ccc(CCc4cccc(F)c4)c(C(N)=O)c3)c12. The Bertz CT molecular complexity index is 1370. The molecule has 4 aromatic rings. The van der Waals surface area contributed by atoms with Crippen LogP contribution in [0.2, 0.25) is 0 Å². The molecule has 0 aliphatic heterocycles. The third-order valence-corrected chi connectivity index (χ3v) is 6.59. The topological polar surface area (TPSA) is 115 Å². The second-order valence-electron chi connectivity index (χ2n) is 9.43. The van der Waals surface area contributed by atoms with Gasteiger partial charge >= 0.3 is 0 Å². The number of carbonyl (C=O) groups excluding carboxylic acids is 1. The zero-order valence-electron chi connectivity index (χ0n) is 21.3. The molecule has 4 rings (SSSR count). The van der Waals surface area contributed by atoms with Crippen LogP contribution in [-0.2, 0) is 19.4 Å². The fourth-order valence-corrected chi connectivity index (χ4v) is 4.41. The number of hydrogen-bond acceptors (Lipinski definition) is 6. The zero-order valence-corrected chi connectivity index (χ0v) is 21.3. The molecular weight excluding hydrogens is 469 g/mol. The first-order valence-electron chi connectivity index (χ1n) is 12.5. The Morgan fingerprint density at radius 2 is 2.00 bits per heavy atom. The van der Waals surface area contributed by atoms with Crippen molar-refractivity contribution in [3.63, 3.8) is 0 Å². The minimum absolute atomic E-state index is 0.199. The van der Waals surface area contributed by atoms with Crippen LogP contribution in [0.1, 0.15) is 46.8 Å². The van der Waals surface area contributed by atoms with E-state index in [-0.39, 0.29) is 11.9 Å². The molecule has 0 saturated carbocycles. The Hall–Kier alpha value is -3.82. The second-order valence-corrected chi connectivity index (χ2v) is 9.43. The van der Waals surface area contributed by atoms with Crippen molar-refractivity contribution < 1.29 is 9.18 Å². The molecule has 194 valence electrons. The first-order valence-corrected chi connectivity index (χ1v) is 12.5. The van der Waals surface area contributed by atoms with Crippen molar-refractivity contribution in [2.45, 2.75) is 45.2 Å². The molecule has 1 atom stereocenters. The number of aryl methyl sites for hydroxylation is 2. The molecular formula is C28H34FN7O. The van der Waals surface area contributed by atoms with Gasteiger partial charge in [0.1, 0.15) is 17.7 Å². The standard InChI is InChI=1S/C28H34FN7O/c1-3-23(30)12-13-35(2)17-21-11-14-36-26(21)28(32-18-33-36)34-24-10-9-20(25(16-24)27(31)37)8-7-19-5-4-6-22(29)15-19/h4-6,9-11,14-16,18,23H,3,7-8,12-13,17,30H2,1-2H3,(H2,31,37)(H,32,33,34). The van der Waals surface area contributed by atoms with E-state index >= 15 is 0 Å². The van der Waals surface area contributed by atoms with Crippen LogP contribution in [-0.4, -0.2) is 45.0 Å². The van der Waals surface area contributed by atoms with E-state index in [4.69, 9.17) is 11.5 Å². The summed E-state index contributed by atoms with van der Waals surface area (Å²) in [6, 6.07) is 14.2. The van der Waals surface area contributed by atoms with Gasteiger partial charge in [0, 0.05) is 30.0 Å². The molecule has 0 aliphatic rings. The van der Waals surface area contributed by atoms with Crippen molar-refractivity contribution in [2.24, 2.45) is 11.5 Å². The van der Waals surface area contributed by atoms with Crippen LogP contribution in [0, 0.1) is 5.82 Å². The highest BCUT2D eigenvalue weighted by molar-refractivity contribution is 5.95. The van der Waals surface area contributed by atoms with Gasteiger partial charge in [0.15, 0.2) is 5.82 Å². The van der Waals surface area contributed by atoms with Gasteiger partial charge in [-0.05, 0) is 86.3 Å². The summed E-state index contributed by atoms with van der Waals surface area (Å²) in [5.41, 5.74) is 16.5. The van der Waals surface area contributed by atoms with E-state index in [0.717, 1.165) is 48.1 Å². The predicted molar refractivity (Wildman–Crippen MR) is 144 cm³/mol. The molecule has 2 aromatic carbocycles. The van der Waals surface area contributed by atoms with Gasteiger partial charge in [0.2, 0.25) is 5.91 Å². The van der Waals surface area contributed by atoms with Crippen LogP contribution >= 0.6 is 0 Å². The van der Waals surface area contributed by atoms with Gasteiger partial charge in [-0.25, -0.2) is 13.9 Å². The monoisotopic (exact) mass is 503 g/mol. The smallest absolute Gasteiger partial charge is 0.249 e. The van der Waals surface area contributed by atoms with Crippen LogP contribution in [0.3, 0.4) is 0 Å². The van der Waals surface area contributed by atoms with Crippen LogP contribution in [0.25, 0.3) is 5.52 Å². The van der Waals surface area contributed by atoms with Crippen molar-refractivity contribution in [3.8, 4) is 0 Å². The number of aromatic nitrogens is 3. The third kappa shape index (κ3) is 6.69. The number of anilines is 2. The van der Waals surface area contributed by atoms with E-state index in [2.05, 4.69) is 34.3 Å². The van der Waals surface area contributed by atoms with E-state index in [1.165, 1.54) is 18.5 Å². The molecule has 0 fully saturated rings. The molecule has 0 saturated heterocycles. The van der Waals surface area contributed by atoms with Gasteiger partial charge in [0.05, 0.1) is 0 Å². The normalized spacial score (nSPS) is 12.2. The largest absolute Gasteiger partial charge is 0.366 e. The summed E-state index contributed by atoms with van der Waals surface area (Å²) in [5, 5.41) is 7.69. The summed E-state index contributed by atoms with van der Waals surface area (Å²) >= 11 is 0. The molecule has 9 heteroatoms. The van der Waals surface area contributed by atoms with E-state index < -0.39 is 5.91 Å². The molecule has 0 radical (unpaired) electrons. The number of rotatable bonds is 12. The van der Waals surface area contributed by atoms with E-state index in [1.807, 2.05) is 30.5 Å². The Labute approximate surface area is 216 Å². The Morgan fingerprint density at radius 3 is 2.76 bits per heavy atom. The van der Waals surface area contributed by atoms with Crippen molar-refractivity contribution >= 4 is 22.9 Å². The highest BCUT2D eigenvalue weighted by Gasteiger charge is 2.15. The average molecular weight is 504 g/mol. The van der Waals surface area contributed by atoms with Crippen LogP contribution in [0.15, 0.2) is 61.1 Å². The minimum Gasteiger partial charge on any atom is -0.366 e. The molecule has 0 aliphatic carbocycles. The third-order valence-electron chi connectivity index (χ3n) is 6.59. The van der Waals surface area contributed by atoms with Crippen LogP contribution in [0.5, 0.6) is 0 Å². The minimum atomic E-state index is -0.513. The van der Waals surface area contributed by atoms with Crippen LogP contribution < -0.4 is 16.8 Å². The van der Waals surface area contributed by atoms with Gasteiger partial charge in [-0.15, -0.1) is 0 Å². The number of hydrogen-bond donors (Lipinski definition) is 3. The summed E-state index contributed by atoms with van der Waals surface area (Å²) in [4.78, 5) is 19.0. The highest BCUT2D eigenvalue weighted by atomic mass is 19.1. The molecule has 0 spiro atoms. The van der Waals surface area contributed by atoms with Crippen LogP contribution in [0.4, 0.5) is 15.9 Å². The lowest BCUT2D eigenvalue weighted by Gasteiger charge is -2.19. The van der Waals surface area contributed by atoms with Gasteiger partial charge in [0.25, 0.3) is 0 Å². The number of carbonyl (C=O) groups is 1. The maximum absolute atomic E-state index is 13.5. The fourth-order valence-electron chi connectivity index (χ4n) is 4.41. The number of nitrogens with one attached hydrogen (secondary N) is 1. The number of nitrogens with two attached hydrogens (primary N) is 2. The maximum Gasteiger partial charge on any atom is 0.249 e. The fraction of sp³-hybridized carbons (Fsp3) is 0.321. The highest BCUT2D eigenvalue weighted by Crippen LogP contribution is 2.26. The molecule has 1 unspecified atom stereocenters. The van der Waals surface area contributed by atoms with Crippen molar-refractivity contribution in [1.82, 2.24) is 19.5 Å². The number of halogens is 1. The summed E-state index contributed by atoms with van der Waals surface area (Å²) in [7, 11) is 2.07. The molecule has 5 N–H and O–H groups in total. The molecule has 1 amide bonds. The lowest BCUT2D eigenvalue weighted by molar-refractivity contribution is 0.0999. The summed E-state index contributed by atoms with van der Waals surface area (Å²) in [6.45, 7) is 3.71. The average Bonchev–Trinajstić information content (AvgIpc) is 3.30. The summed E-state index contributed by atoms with van der Waals surface area (Å²) in [6.07, 6.45) is 6.46. The Morgan fingerprint density at radius 1 is 1.16 bits per heavy atom. The lowest BCUT2D eigenvalue weighted by Crippen LogP contribution is -2.27. The van der Waals surface area contributed by atoms with Gasteiger partial charge < -0.3 is 21.7 Å². The number of amides is 1. The first kappa shape index (κ1) is 26.2. The Balaban J connectivity index is 1.53. The van der Waals surface area contributed by atoms with E-state index in [0.29, 0.717) is 29.9 Å². The van der Waals surface area contributed by atoms with Gasteiger partial charge in [-0.2, -0.15) is 5.10 Å². The number of primary amides is 1. The Kier molecular flexibility index (Phi) is 8.47. The maximum atomic E-state index is 13.5. The zero-order chi connectivity index (χ0) is 26.4. The first-order chi connectivity index (χ1) is 17.8. The molecule has 2 aromatic heterocycles. The van der Waals surface area contributed by atoms with Gasteiger partial charge in [-0.1, -0.05) is 25.1 Å². The second kappa shape index (κ2) is 11.9. The quantitative estimate of drug-likeness (QED) is 0.269.